The lowest BCUT2D eigenvalue weighted by molar-refractivity contribution is -0.132. The Hall–Kier alpha value is -1.30. The molecule has 0 saturated heterocycles. The molecule has 0 atom stereocenters. The third-order valence-electron chi connectivity index (χ3n) is 1.91. The number of carboxylic acid groups (broad SMARTS) is 1. The average Bonchev–Trinajstić information content (AvgIpc) is 2.05. The van der Waals surface area contributed by atoms with Gasteiger partial charge in [0, 0.05) is 0 Å². The molecule has 0 aliphatic rings. The Balaban J connectivity index is 4.25. The minimum absolute atomic E-state index is 0.101. The Morgan fingerprint density at radius 1 is 1.46 bits per heavy atom. The highest BCUT2D eigenvalue weighted by atomic mass is 16.4. The largest absolute Gasteiger partial charge is 0.477 e. The van der Waals surface area contributed by atoms with E-state index in [1.165, 1.54) is 0 Å². The molecule has 0 heterocycles. The fraction of sp³-hybridized carbons (Fsp3) is 0.600. The molecule has 1 N–H and O–H groups in total. The summed E-state index contributed by atoms with van der Waals surface area (Å²) in [6.07, 6.45) is 3.85. The molecule has 3 nitrogen and oxygen atoms in total. The van der Waals surface area contributed by atoms with Crippen LogP contribution in [0.15, 0.2) is 11.1 Å². The first-order valence-corrected chi connectivity index (χ1v) is 4.46. The lowest BCUT2D eigenvalue weighted by atomic mass is 10.0. The number of hydrogen-bond acceptors (Lipinski definition) is 2. The molecule has 72 valence electrons. The van der Waals surface area contributed by atoms with Crippen molar-refractivity contribution in [3.05, 3.63) is 11.1 Å². The van der Waals surface area contributed by atoms with Crippen molar-refractivity contribution in [2.75, 3.05) is 0 Å². The summed E-state index contributed by atoms with van der Waals surface area (Å²) < 4.78 is 0. The van der Waals surface area contributed by atoms with Gasteiger partial charge in [-0.3, -0.25) is 0 Å². The van der Waals surface area contributed by atoms with Crippen molar-refractivity contribution in [2.24, 2.45) is 0 Å². The van der Waals surface area contributed by atoms with Crippen LogP contribution in [0.5, 0.6) is 0 Å². The molecule has 0 saturated carbocycles. The topological polar surface area (TPSA) is 61.1 Å². The van der Waals surface area contributed by atoms with Crippen LogP contribution in [0, 0.1) is 11.3 Å². The second-order valence-corrected chi connectivity index (χ2v) is 3.03. The van der Waals surface area contributed by atoms with Gasteiger partial charge in [0.25, 0.3) is 0 Å². The lowest BCUT2D eigenvalue weighted by Crippen LogP contribution is -2.01. The van der Waals surface area contributed by atoms with Crippen LogP contribution in [-0.2, 0) is 4.79 Å². The first kappa shape index (κ1) is 11.7. The van der Waals surface area contributed by atoms with Crippen LogP contribution in [0.4, 0.5) is 0 Å². The number of hydrogen-bond donors (Lipinski definition) is 1. The molecule has 0 bridgehead atoms. The summed E-state index contributed by atoms with van der Waals surface area (Å²) in [5, 5.41) is 17.2. The first-order chi connectivity index (χ1) is 6.13. The minimum Gasteiger partial charge on any atom is -0.477 e. The Morgan fingerprint density at radius 2 is 2.08 bits per heavy atom. The Bertz CT molecular complexity index is 248. The monoisotopic (exact) mass is 181 g/mol. The molecule has 0 aliphatic carbocycles. The van der Waals surface area contributed by atoms with Crippen LogP contribution >= 0.6 is 0 Å². The molecule has 0 unspecified atom stereocenters. The van der Waals surface area contributed by atoms with Crippen molar-refractivity contribution in [1.29, 1.82) is 5.26 Å². The van der Waals surface area contributed by atoms with Gasteiger partial charge in [-0.2, -0.15) is 5.26 Å². The summed E-state index contributed by atoms with van der Waals surface area (Å²) in [6, 6.07) is 1.71. The molecule has 0 radical (unpaired) electrons. The third-order valence-corrected chi connectivity index (χ3v) is 1.91. The Kier molecular flexibility index (Phi) is 5.62. The smallest absolute Gasteiger partial charge is 0.346 e. The molecular formula is C10H15NO2. The van der Waals surface area contributed by atoms with E-state index in [9.17, 15) is 4.79 Å². The Labute approximate surface area is 78.7 Å². The molecule has 0 aromatic rings. The van der Waals surface area contributed by atoms with Gasteiger partial charge < -0.3 is 5.11 Å². The van der Waals surface area contributed by atoms with Gasteiger partial charge in [0.05, 0.1) is 0 Å². The maximum Gasteiger partial charge on any atom is 0.346 e. The molecule has 0 spiro atoms. The molecule has 0 aliphatic heterocycles. The molecule has 0 aromatic carbocycles. The maximum absolute atomic E-state index is 10.5. The molecule has 3 heteroatoms. The zero-order chi connectivity index (χ0) is 10.3. The van der Waals surface area contributed by atoms with Gasteiger partial charge in [-0.05, 0) is 25.3 Å². The second kappa shape index (κ2) is 6.24. The Morgan fingerprint density at radius 3 is 2.46 bits per heavy atom. The lowest BCUT2D eigenvalue weighted by Gasteiger charge is -2.00. The van der Waals surface area contributed by atoms with Crippen molar-refractivity contribution in [3.8, 4) is 6.07 Å². The van der Waals surface area contributed by atoms with Gasteiger partial charge in [-0.25, -0.2) is 4.79 Å². The third kappa shape index (κ3) is 4.32. The number of unbranched alkanes of at least 4 members (excludes halogenated alkanes) is 2. The highest BCUT2D eigenvalue weighted by molar-refractivity contribution is 5.91. The van der Waals surface area contributed by atoms with Gasteiger partial charge >= 0.3 is 5.97 Å². The summed E-state index contributed by atoms with van der Waals surface area (Å²) in [5.41, 5.74) is 0.583. The van der Waals surface area contributed by atoms with Gasteiger partial charge in [-0.1, -0.05) is 19.8 Å². The van der Waals surface area contributed by atoms with Gasteiger partial charge in [0.15, 0.2) is 0 Å². The summed E-state index contributed by atoms with van der Waals surface area (Å²) in [6.45, 7) is 3.80. The van der Waals surface area contributed by atoms with E-state index in [1.807, 2.05) is 0 Å². The second-order valence-electron chi connectivity index (χ2n) is 3.03. The molecule has 0 fully saturated rings. The number of nitriles is 1. The van der Waals surface area contributed by atoms with Crippen molar-refractivity contribution in [1.82, 2.24) is 0 Å². The highest BCUT2D eigenvalue weighted by Gasteiger charge is 2.09. The van der Waals surface area contributed by atoms with Crippen LogP contribution in [0.2, 0.25) is 0 Å². The van der Waals surface area contributed by atoms with Gasteiger partial charge in [0.1, 0.15) is 11.6 Å². The minimum atomic E-state index is -1.11. The van der Waals surface area contributed by atoms with E-state index in [2.05, 4.69) is 6.92 Å². The van der Waals surface area contributed by atoms with E-state index in [0.717, 1.165) is 19.3 Å². The normalized spacial score (nSPS) is 11.8. The summed E-state index contributed by atoms with van der Waals surface area (Å²) in [5.74, 6) is -1.11. The van der Waals surface area contributed by atoms with Crippen LogP contribution in [-0.4, -0.2) is 11.1 Å². The van der Waals surface area contributed by atoms with E-state index < -0.39 is 5.97 Å². The molecule has 0 aromatic heterocycles. The van der Waals surface area contributed by atoms with Crippen LogP contribution in [0.1, 0.15) is 39.5 Å². The first-order valence-electron chi connectivity index (χ1n) is 4.46. The average molecular weight is 181 g/mol. The van der Waals surface area contributed by atoms with E-state index >= 15 is 0 Å². The molecule has 0 rings (SSSR count). The number of carbonyl (C=O) groups is 1. The fourth-order valence-electron chi connectivity index (χ4n) is 1.09. The number of aliphatic carboxylic acids is 1. The quantitative estimate of drug-likeness (QED) is 0.402. The number of nitrogens with zero attached hydrogens (tertiary/aromatic N) is 1. The van der Waals surface area contributed by atoms with E-state index in [0.29, 0.717) is 12.0 Å². The van der Waals surface area contributed by atoms with Gasteiger partial charge in [0.2, 0.25) is 0 Å². The predicted molar refractivity (Wildman–Crippen MR) is 50.1 cm³/mol. The number of allylic oxidation sites excluding steroid dienone is 1. The van der Waals surface area contributed by atoms with Crippen molar-refractivity contribution in [3.63, 3.8) is 0 Å². The zero-order valence-corrected chi connectivity index (χ0v) is 8.13. The molecule has 0 amide bonds. The predicted octanol–water partition coefficient (Wildman–Crippen LogP) is 2.49. The van der Waals surface area contributed by atoms with Crippen molar-refractivity contribution < 1.29 is 9.90 Å². The maximum atomic E-state index is 10.5. The standard InChI is InChI=1S/C10H15NO2/c1-3-4-5-6-8(2)9(7-11)10(12)13/h3-6H2,1-2H3,(H,12,13). The van der Waals surface area contributed by atoms with Crippen LogP contribution in [0.3, 0.4) is 0 Å². The molecular weight excluding hydrogens is 166 g/mol. The van der Waals surface area contributed by atoms with Crippen LogP contribution < -0.4 is 0 Å². The number of carboxylic acids is 1. The summed E-state index contributed by atoms with van der Waals surface area (Å²) in [4.78, 5) is 10.5. The van der Waals surface area contributed by atoms with Crippen molar-refractivity contribution >= 4 is 5.97 Å². The molecule has 13 heavy (non-hydrogen) atoms. The van der Waals surface area contributed by atoms with E-state index in [-0.39, 0.29) is 5.57 Å². The number of rotatable bonds is 5. The fourth-order valence-corrected chi connectivity index (χ4v) is 1.09. The highest BCUT2D eigenvalue weighted by Crippen LogP contribution is 2.12. The van der Waals surface area contributed by atoms with Crippen molar-refractivity contribution in [2.45, 2.75) is 39.5 Å². The van der Waals surface area contributed by atoms with Gasteiger partial charge in [-0.15, -0.1) is 0 Å². The summed E-state index contributed by atoms with van der Waals surface area (Å²) in [7, 11) is 0. The SMILES string of the molecule is CCCCCC(C)=C(C#N)C(=O)O. The van der Waals surface area contributed by atoms with Crippen LogP contribution in [0.25, 0.3) is 0 Å². The summed E-state index contributed by atoms with van der Waals surface area (Å²) >= 11 is 0. The van der Waals surface area contributed by atoms with E-state index in [4.69, 9.17) is 10.4 Å². The van der Waals surface area contributed by atoms with E-state index in [1.54, 1.807) is 13.0 Å². The zero-order valence-electron chi connectivity index (χ0n) is 8.13.